The highest BCUT2D eigenvalue weighted by Crippen LogP contribution is 2.33. The van der Waals surface area contributed by atoms with Gasteiger partial charge in [-0.25, -0.2) is 0 Å². The van der Waals surface area contributed by atoms with Gasteiger partial charge in [0.15, 0.2) is 0 Å². The van der Waals surface area contributed by atoms with Crippen LogP contribution in [0.3, 0.4) is 0 Å². The minimum atomic E-state index is -0.527. The van der Waals surface area contributed by atoms with Crippen molar-refractivity contribution in [2.75, 3.05) is 0 Å². The van der Waals surface area contributed by atoms with Gasteiger partial charge < -0.3 is 0 Å². The minimum Gasteiger partial charge on any atom is -0.0622 e. The molecule has 0 fully saturated rings. The summed E-state index contributed by atoms with van der Waals surface area (Å²) >= 11 is 0. The highest BCUT2D eigenvalue weighted by molar-refractivity contribution is 7.79. The molecule has 0 unspecified atom stereocenters. The van der Waals surface area contributed by atoms with Gasteiger partial charge in [0.25, 0.3) is 0 Å². The third-order valence-corrected chi connectivity index (χ3v) is 6.48. The van der Waals surface area contributed by atoms with Crippen molar-refractivity contribution in [2.45, 2.75) is 0 Å². The summed E-state index contributed by atoms with van der Waals surface area (Å²) in [5, 5.41) is 4.16. The SMILES string of the molecule is c1ccc(P(c2ccccc2)c2ccc3cccc-3cc2)cc1. The van der Waals surface area contributed by atoms with Crippen molar-refractivity contribution >= 4 is 23.8 Å². The molecule has 0 atom stereocenters. The summed E-state index contributed by atoms with van der Waals surface area (Å²) in [6, 6.07) is 37.2. The molecule has 0 spiro atoms. The molecule has 2 aliphatic rings. The topological polar surface area (TPSA) is 0 Å². The highest BCUT2D eigenvalue weighted by Gasteiger charge is 2.15. The van der Waals surface area contributed by atoms with Crippen LogP contribution >= 0.6 is 7.92 Å². The van der Waals surface area contributed by atoms with Crippen molar-refractivity contribution in [1.82, 2.24) is 0 Å². The fraction of sp³-hybridized carbons (Fsp3) is 0. The lowest BCUT2D eigenvalue weighted by Crippen LogP contribution is -2.19. The molecule has 0 saturated heterocycles. The van der Waals surface area contributed by atoms with E-state index in [1.54, 1.807) is 0 Å². The van der Waals surface area contributed by atoms with Crippen LogP contribution in [0, 0.1) is 0 Å². The molecule has 0 radical (unpaired) electrons. The molecule has 1 heteroatoms. The zero-order chi connectivity index (χ0) is 15.5. The molecule has 0 amide bonds. The van der Waals surface area contributed by atoms with E-state index in [4.69, 9.17) is 0 Å². The van der Waals surface area contributed by atoms with Gasteiger partial charge in [-0.15, -0.1) is 0 Å². The lowest BCUT2D eigenvalue weighted by Gasteiger charge is -2.18. The van der Waals surface area contributed by atoms with E-state index in [1.807, 2.05) is 0 Å². The predicted octanol–water partition coefficient (Wildman–Crippen LogP) is 4.55. The molecule has 110 valence electrons. The second kappa shape index (κ2) is 6.36. The summed E-state index contributed by atoms with van der Waals surface area (Å²) < 4.78 is 0. The van der Waals surface area contributed by atoms with E-state index in [1.165, 1.54) is 27.0 Å². The maximum Gasteiger partial charge on any atom is -0.0134 e. The van der Waals surface area contributed by atoms with Crippen molar-refractivity contribution in [3.05, 3.63) is 103 Å². The molecule has 0 saturated carbocycles. The fourth-order valence-corrected chi connectivity index (χ4v) is 5.19. The molecule has 0 nitrogen and oxygen atoms in total. The van der Waals surface area contributed by atoms with Crippen LogP contribution in [0.15, 0.2) is 103 Å². The highest BCUT2D eigenvalue weighted by atomic mass is 31.1. The Hall–Kier alpha value is -2.43. The average Bonchev–Trinajstić information content (AvgIpc) is 2.98. The van der Waals surface area contributed by atoms with E-state index in [0.717, 1.165) is 0 Å². The van der Waals surface area contributed by atoms with Crippen LogP contribution in [-0.2, 0) is 0 Å². The lowest BCUT2D eigenvalue weighted by atomic mass is 10.2. The molecule has 0 heterocycles. The third kappa shape index (κ3) is 2.91. The summed E-state index contributed by atoms with van der Waals surface area (Å²) in [7, 11) is -0.527. The van der Waals surface area contributed by atoms with E-state index in [9.17, 15) is 0 Å². The zero-order valence-electron chi connectivity index (χ0n) is 12.8. The van der Waals surface area contributed by atoms with Crippen LogP contribution in [0.1, 0.15) is 0 Å². The first-order valence-corrected chi connectivity index (χ1v) is 9.15. The molecule has 2 aromatic carbocycles. The zero-order valence-corrected chi connectivity index (χ0v) is 13.7. The van der Waals surface area contributed by atoms with Gasteiger partial charge >= 0.3 is 0 Å². The number of hydrogen-bond acceptors (Lipinski definition) is 0. The second-order valence-corrected chi connectivity index (χ2v) is 7.75. The van der Waals surface area contributed by atoms with E-state index in [0.29, 0.717) is 0 Å². The maximum atomic E-state index is 2.29. The Kier molecular flexibility index (Phi) is 3.92. The molecule has 23 heavy (non-hydrogen) atoms. The van der Waals surface area contributed by atoms with E-state index < -0.39 is 7.92 Å². The minimum absolute atomic E-state index is 0.527. The third-order valence-electron chi connectivity index (χ3n) is 4.04. The van der Waals surface area contributed by atoms with Gasteiger partial charge in [0, 0.05) is 0 Å². The summed E-state index contributed by atoms with van der Waals surface area (Å²) in [4.78, 5) is 0. The van der Waals surface area contributed by atoms with Crippen LogP contribution in [0.25, 0.3) is 11.1 Å². The Morgan fingerprint density at radius 1 is 0.348 bits per heavy atom. The fourth-order valence-electron chi connectivity index (χ4n) is 2.91. The van der Waals surface area contributed by atoms with Gasteiger partial charge in [-0.05, 0) is 35.0 Å². The van der Waals surface area contributed by atoms with Gasteiger partial charge in [-0.3, -0.25) is 0 Å². The van der Waals surface area contributed by atoms with Crippen molar-refractivity contribution in [1.29, 1.82) is 0 Å². The first-order valence-electron chi connectivity index (χ1n) is 7.81. The number of rotatable bonds is 3. The van der Waals surface area contributed by atoms with E-state index in [-0.39, 0.29) is 0 Å². The average molecular weight is 312 g/mol. The monoisotopic (exact) mass is 312 g/mol. The number of fused-ring (bicyclic) bond motifs is 1. The van der Waals surface area contributed by atoms with Gasteiger partial charge in [-0.2, -0.15) is 0 Å². The Balaban J connectivity index is 1.89. The van der Waals surface area contributed by atoms with Crippen molar-refractivity contribution in [3.63, 3.8) is 0 Å². The summed E-state index contributed by atoms with van der Waals surface area (Å²) in [6.45, 7) is 0. The summed E-state index contributed by atoms with van der Waals surface area (Å²) in [5.74, 6) is 0. The first kappa shape index (κ1) is 14.2. The molecular weight excluding hydrogens is 295 g/mol. The largest absolute Gasteiger partial charge is 0.0622 e. The van der Waals surface area contributed by atoms with Crippen LogP contribution in [-0.4, -0.2) is 0 Å². The van der Waals surface area contributed by atoms with Gasteiger partial charge in [0.05, 0.1) is 0 Å². The van der Waals surface area contributed by atoms with Gasteiger partial charge in [-0.1, -0.05) is 103 Å². The molecule has 0 aliphatic heterocycles. The quantitative estimate of drug-likeness (QED) is 0.487. The van der Waals surface area contributed by atoms with Crippen LogP contribution in [0.4, 0.5) is 0 Å². The van der Waals surface area contributed by atoms with E-state index >= 15 is 0 Å². The molecule has 0 aromatic heterocycles. The molecular formula is C22H17P. The molecule has 2 aliphatic carbocycles. The van der Waals surface area contributed by atoms with Crippen LogP contribution < -0.4 is 15.9 Å². The molecule has 0 bridgehead atoms. The summed E-state index contributed by atoms with van der Waals surface area (Å²) in [5.41, 5.74) is 2.60. The first-order chi connectivity index (χ1) is 11.4. The molecule has 2 aromatic rings. The number of benzene rings is 2. The van der Waals surface area contributed by atoms with Gasteiger partial charge in [0.2, 0.25) is 0 Å². The van der Waals surface area contributed by atoms with Crippen LogP contribution in [0.2, 0.25) is 0 Å². The smallest absolute Gasteiger partial charge is 0.0134 e. The maximum absolute atomic E-state index is 2.29. The Bertz CT molecular complexity index is 798. The van der Waals surface area contributed by atoms with Crippen molar-refractivity contribution < 1.29 is 0 Å². The standard InChI is InChI=1S/C22H17P/c1-3-10-20(11-4-1)23(21-12-5-2-6-13-21)22-16-14-18-8-7-9-19(18)15-17-22/h1-17H. The Morgan fingerprint density at radius 2 is 0.783 bits per heavy atom. The van der Waals surface area contributed by atoms with Crippen molar-refractivity contribution in [2.24, 2.45) is 0 Å². The summed E-state index contributed by atoms with van der Waals surface area (Å²) in [6.07, 6.45) is 0. The lowest BCUT2D eigenvalue weighted by molar-refractivity contribution is 1.75. The predicted molar refractivity (Wildman–Crippen MR) is 102 cm³/mol. The molecule has 0 N–H and O–H groups in total. The molecule has 4 rings (SSSR count). The van der Waals surface area contributed by atoms with Crippen LogP contribution in [0.5, 0.6) is 0 Å². The van der Waals surface area contributed by atoms with Crippen molar-refractivity contribution in [3.8, 4) is 11.1 Å². The Morgan fingerprint density at radius 3 is 1.26 bits per heavy atom. The Labute approximate surface area is 138 Å². The van der Waals surface area contributed by atoms with E-state index in [2.05, 4.69) is 103 Å². The normalized spacial score (nSPS) is 11.0. The number of hydrogen-bond donors (Lipinski definition) is 0. The van der Waals surface area contributed by atoms with Gasteiger partial charge in [0.1, 0.15) is 0 Å². The second-order valence-electron chi connectivity index (χ2n) is 5.53.